The number of aliphatic hydroxyl groups is 1. The van der Waals surface area contributed by atoms with Gasteiger partial charge in [-0.1, -0.05) is 26.0 Å². The molecule has 0 aliphatic rings. The fourth-order valence-electron chi connectivity index (χ4n) is 1.45. The number of ketones is 1. The highest BCUT2D eigenvalue weighted by Crippen LogP contribution is 2.17. The van der Waals surface area contributed by atoms with Crippen LogP contribution in [0.15, 0.2) is 24.3 Å². The highest BCUT2D eigenvalue weighted by Gasteiger charge is 2.22. The number of rotatable bonds is 4. The Balaban J connectivity index is 2.93. The fraction of sp³-hybridized carbons (Fsp3) is 0.417. The van der Waals surface area contributed by atoms with Gasteiger partial charge in [0.15, 0.2) is 5.78 Å². The van der Waals surface area contributed by atoms with Crippen molar-refractivity contribution < 1.29 is 14.3 Å². The molecular formula is C12H15FO2. The lowest BCUT2D eigenvalue weighted by atomic mass is 9.89. The summed E-state index contributed by atoms with van der Waals surface area (Å²) in [5.41, 5.74) is 0.322. The summed E-state index contributed by atoms with van der Waals surface area (Å²) in [6.07, 6.45) is 0. The predicted octanol–water partition coefficient (Wildman–Crippen LogP) is 2.27. The van der Waals surface area contributed by atoms with Crippen molar-refractivity contribution in [3.8, 4) is 0 Å². The first-order valence-corrected chi connectivity index (χ1v) is 4.97. The molecule has 0 saturated carbocycles. The summed E-state index contributed by atoms with van der Waals surface area (Å²) in [6, 6.07) is 5.56. The molecule has 1 atom stereocenters. The molecule has 0 amide bonds. The molecule has 1 unspecified atom stereocenters. The van der Waals surface area contributed by atoms with Crippen LogP contribution in [0.3, 0.4) is 0 Å². The largest absolute Gasteiger partial charge is 0.396 e. The van der Waals surface area contributed by atoms with E-state index in [0.717, 1.165) is 0 Å². The highest BCUT2D eigenvalue weighted by molar-refractivity contribution is 5.98. The van der Waals surface area contributed by atoms with Gasteiger partial charge >= 0.3 is 0 Å². The summed E-state index contributed by atoms with van der Waals surface area (Å²) in [4.78, 5) is 11.8. The standard InChI is InChI=1S/C12H15FO2/c1-8(2)11(7-14)12(15)9-4-3-5-10(13)6-9/h3-6,8,11,14H,7H2,1-2H3. The van der Waals surface area contributed by atoms with Gasteiger partial charge in [0.2, 0.25) is 0 Å². The Bertz CT molecular complexity index is 347. The van der Waals surface area contributed by atoms with Crippen molar-refractivity contribution in [1.29, 1.82) is 0 Å². The van der Waals surface area contributed by atoms with Crippen molar-refractivity contribution in [3.63, 3.8) is 0 Å². The van der Waals surface area contributed by atoms with Crippen LogP contribution in [0.2, 0.25) is 0 Å². The van der Waals surface area contributed by atoms with Gasteiger partial charge in [-0.05, 0) is 18.1 Å². The number of aliphatic hydroxyl groups excluding tert-OH is 1. The quantitative estimate of drug-likeness (QED) is 0.774. The maximum absolute atomic E-state index is 12.9. The number of hydrogen-bond donors (Lipinski definition) is 1. The number of carbonyl (C=O) groups excluding carboxylic acids is 1. The van der Waals surface area contributed by atoms with E-state index in [1.54, 1.807) is 6.07 Å². The Hall–Kier alpha value is -1.22. The first-order valence-electron chi connectivity index (χ1n) is 4.97. The Labute approximate surface area is 88.7 Å². The summed E-state index contributed by atoms with van der Waals surface area (Å²) < 4.78 is 12.9. The molecule has 1 aromatic rings. The molecule has 0 saturated heterocycles. The zero-order valence-corrected chi connectivity index (χ0v) is 8.90. The van der Waals surface area contributed by atoms with Gasteiger partial charge in [-0.2, -0.15) is 0 Å². The molecule has 0 aliphatic heterocycles. The minimum Gasteiger partial charge on any atom is -0.396 e. The third-order valence-electron chi connectivity index (χ3n) is 2.45. The summed E-state index contributed by atoms with van der Waals surface area (Å²) in [5.74, 6) is -1.04. The molecule has 82 valence electrons. The van der Waals surface area contributed by atoms with Gasteiger partial charge in [-0.3, -0.25) is 4.79 Å². The lowest BCUT2D eigenvalue weighted by molar-refractivity contribution is 0.0806. The summed E-state index contributed by atoms with van der Waals surface area (Å²) in [7, 11) is 0. The second-order valence-electron chi connectivity index (χ2n) is 3.91. The van der Waals surface area contributed by atoms with E-state index in [2.05, 4.69) is 0 Å². The van der Waals surface area contributed by atoms with E-state index in [4.69, 9.17) is 5.11 Å². The van der Waals surface area contributed by atoms with Crippen LogP contribution in [0.4, 0.5) is 4.39 Å². The molecule has 2 nitrogen and oxygen atoms in total. The van der Waals surface area contributed by atoms with Crippen LogP contribution in [-0.2, 0) is 0 Å². The van der Waals surface area contributed by atoms with Gasteiger partial charge in [-0.15, -0.1) is 0 Å². The van der Waals surface area contributed by atoms with Gasteiger partial charge in [-0.25, -0.2) is 4.39 Å². The van der Waals surface area contributed by atoms with Crippen molar-refractivity contribution in [3.05, 3.63) is 35.6 Å². The summed E-state index contributed by atoms with van der Waals surface area (Å²) in [5, 5.41) is 9.08. The minimum absolute atomic E-state index is 0.0470. The van der Waals surface area contributed by atoms with E-state index < -0.39 is 11.7 Å². The molecular weight excluding hydrogens is 195 g/mol. The molecule has 0 radical (unpaired) electrons. The van der Waals surface area contributed by atoms with Crippen LogP contribution in [-0.4, -0.2) is 17.5 Å². The van der Waals surface area contributed by atoms with Gasteiger partial charge in [0.05, 0.1) is 6.61 Å². The topological polar surface area (TPSA) is 37.3 Å². The zero-order valence-electron chi connectivity index (χ0n) is 8.90. The molecule has 0 spiro atoms. The van der Waals surface area contributed by atoms with Crippen LogP contribution in [0.1, 0.15) is 24.2 Å². The molecule has 0 heterocycles. The van der Waals surface area contributed by atoms with Crippen molar-refractivity contribution in [2.75, 3.05) is 6.61 Å². The third kappa shape index (κ3) is 2.86. The summed E-state index contributed by atoms with van der Waals surface area (Å²) in [6.45, 7) is 3.52. The van der Waals surface area contributed by atoms with Gasteiger partial charge < -0.3 is 5.11 Å². The average Bonchev–Trinajstić information content (AvgIpc) is 2.18. The molecule has 1 aromatic carbocycles. The average molecular weight is 210 g/mol. The molecule has 0 bridgehead atoms. The van der Waals surface area contributed by atoms with Crippen LogP contribution >= 0.6 is 0 Å². The van der Waals surface area contributed by atoms with Gasteiger partial charge in [0.1, 0.15) is 5.82 Å². The Morgan fingerprint density at radius 2 is 2.13 bits per heavy atom. The third-order valence-corrected chi connectivity index (χ3v) is 2.45. The van der Waals surface area contributed by atoms with Crippen LogP contribution in [0.25, 0.3) is 0 Å². The Kier molecular flexibility index (Phi) is 3.97. The molecule has 0 aliphatic carbocycles. The first-order chi connectivity index (χ1) is 7.06. The monoisotopic (exact) mass is 210 g/mol. The Morgan fingerprint density at radius 1 is 1.47 bits per heavy atom. The van der Waals surface area contributed by atoms with Crippen LogP contribution in [0.5, 0.6) is 0 Å². The van der Waals surface area contributed by atoms with Crippen molar-refractivity contribution in [1.82, 2.24) is 0 Å². The normalized spacial score (nSPS) is 12.9. The fourth-order valence-corrected chi connectivity index (χ4v) is 1.45. The SMILES string of the molecule is CC(C)C(CO)C(=O)c1cccc(F)c1. The van der Waals surface area contributed by atoms with E-state index in [1.165, 1.54) is 18.2 Å². The zero-order chi connectivity index (χ0) is 11.4. The second-order valence-corrected chi connectivity index (χ2v) is 3.91. The maximum Gasteiger partial charge on any atom is 0.168 e. The minimum atomic E-state index is -0.452. The molecule has 1 N–H and O–H groups in total. The number of benzene rings is 1. The van der Waals surface area contributed by atoms with E-state index in [9.17, 15) is 9.18 Å². The van der Waals surface area contributed by atoms with Crippen molar-refractivity contribution in [2.45, 2.75) is 13.8 Å². The van der Waals surface area contributed by atoms with Crippen LogP contribution < -0.4 is 0 Å². The molecule has 0 fully saturated rings. The first kappa shape index (κ1) is 11.9. The van der Waals surface area contributed by atoms with E-state index in [0.29, 0.717) is 5.56 Å². The van der Waals surface area contributed by atoms with E-state index in [1.807, 2.05) is 13.8 Å². The second kappa shape index (κ2) is 5.03. The molecule has 0 aromatic heterocycles. The van der Waals surface area contributed by atoms with E-state index in [-0.39, 0.29) is 18.3 Å². The molecule has 3 heteroatoms. The van der Waals surface area contributed by atoms with Crippen molar-refractivity contribution in [2.24, 2.45) is 11.8 Å². The predicted molar refractivity (Wildman–Crippen MR) is 56.1 cm³/mol. The van der Waals surface area contributed by atoms with Crippen LogP contribution in [0, 0.1) is 17.7 Å². The maximum atomic E-state index is 12.9. The lowest BCUT2D eigenvalue weighted by Gasteiger charge is -2.16. The number of Topliss-reactive ketones (excluding diaryl/α,β-unsaturated/α-hetero) is 1. The van der Waals surface area contributed by atoms with Gasteiger partial charge in [0.25, 0.3) is 0 Å². The summed E-state index contributed by atoms with van der Waals surface area (Å²) >= 11 is 0. The smallest absolute Gasteiger partial charge is 0.168 e. The number of carbonyl (C=O) groups is 1. The number of hydrogen-bond acceptors (Lipinski definition) is 2. The van der Waals surface area contributed by atoms with E-state index >= 15 is 0 Å². The Morgan fingerprint density at radius 3 is 2.60 bits per heavy atom. The van der Waals surface area contributed by atoms with Gasteiger partial charge in [0, 0.05) is 11.5 Å². The highest BCUT2D eigenvalue weighted by atomic mass is 19.1. The number of halogens is 1. The lowest BCUT2D eigenvalue weighted by Crippen LogP contribution is -2.24. The molecule has 15 heavy (non-hydrogen) atoms. The van der Waals surface area contributed by atoms with Crippen molar-refractivity contribution >= 4 is 5.78 Å². The molecule has 1 rings (SSSR count).